The summed E-state index contributed by atoms with van der Waals surface area (Å²) in [6.45, 7) is 5.69. The molecular formula is C13H19N3O2. The van der Waals surface area contributed by atoms with Crippen LogP contribution >= 0.6 is 0 Å². The van der Waals surface area contributed by atoms with E-state index in [0.29, 0.717) is 11.5 Å². The quantitative estimate of drug-likeness (QED) is 0.808. The van der Waals surface area contributed by atoms with Gasteiger partial charge >= 0.3 is 0 Å². The topological polar surface area (TPSA) is 58.4 Å². The lowest BCUT2D eigenvalue weighted by molar-refractivity contribution is 0.0725. The van der Waals surface area contributed by atoms with Crippen LogP contribution in [0.5, 0.6) is 0 Å². The molecule has 1 N–H and O–H groups in total. The third-order valence-electron chi connectivity index (χ3n) is 4.25. The second-order valence-corrected chi connectivity index (χ2v) is 5.31. The van der Waals surface area contributed by atoms with Crippen molar-refractivity contribution < 1.29 is 9.21 Å². The molecule has 2 aliphatic heterocycles. The minimum atomic E-state index is -0.00191. The fourth-order valence-electron chi connectivity index (χ4n) is 3.07. The Morgan fingerprint density at radius 2 is 2.06 bits per heavy atom. The van der Waals surface area contributed by atoms with E-state index < -0.39 is 0 Å². The lowest BCUT2D eigenvalue weighted by Crippen LogP contribution is -2.32. The number of oxazole rings is 1. The fraction of sp³-hybridized carbons (Fsp3) is 0.692. The molecule has 0 radical (unpaired) electrons. The van der Waals surface area contributed by atoms with Crippen LogP contribution in [0, 0.1) is 18.8 Å². The zero-order valence-corrected chi connectivity index (χ0v) is 10.7. The molecule has 0 unspecified atom stereocenters. The molecule has 1 aromatic heterocycles. The number of likely N-dealkylation sites (tertiary alicyclic amines) is 1. The van der Waals surface area contributed by atoms with Gasteiger partial charge in [0.15, 0.2) is 6.39 Å². The standard InChI is InChI=1S/C13H19N3O2/c1-9-12(18-8-15-9)13(17)16-4-2-10-6-14-7-11(10)3-5-16/h8,10-11,14H,2-7H2,1H3/t10-,11+. The van der Waals surface area contributed by atoms with Crippen LogP contribution in [0.25, 0.3) is 0 Å². The minimum Gasteiger partial charge on any atom is -0.438 e. The van der Waals surface area contributed by atoms with Crippen LogP contribution in [0.4, 0.5) is 0 Å². The number of amides is 1. The number of aryl methyl sites for hydroxylation is 1. The van der Waals surface area contributed by atoms with E-state index >= 15 is 0 Å². The molecule has 1 amide bonds. The molecule has 3 heterocycles. The summed E-state index contributed by atoms with van der Waals surface area (Å²) in [6, 6.07) is 0. The molecule has 0 aromatic carbocycles. The highest BCUT2D eigenvalue weighted by Crippen LogP contribution is 2.27. The normalized spacial score (nSPS) is 27.9. The SMILES string of the molecule is Cc1ncoc1C(=O)N1CC[C@@H]2CNC[C@@H]2CC1. The smallest absolute Gasteiger partial charge is 0.291 e. The number of nitrogens with zero attached hydrogens (tertiary/aromatic N) is 2. The van der Waals surface area contributed by atoms with E-state index in [1.165, 1.54) is 6.39 Å². The maximum absolute atomic E-state index is 12.3. The van der Waals surface area contributed by atoms with Gasteiger partial charge in [0.25, 0.3) is 5.91 Å². The van der Waals surface area contributed by atoms with Gasteiger partial charge < -0.3 is 14.6 Å². The summed E-state index contributed by atoms with van der Waals surface area (Å²) in [5.41, 5.74) is 0.686. The summed E-state index contributed by atoms with van der Waals surface area (Å²) < 4.78 is 5.20. The van der Waals surface area contributed by atoms with Crippen LogP contribution in [0.15, 0.2) is 10.8 Å². The van der Waals surface area contributed by atoms with Crippen molar-refractivity contribution in [1.29, 1.82) is 0 Å². The van der Waals surface area contributed by atoms with Gasteiger partial charge in [-0.3, -0.25) is 4.79 Å². The first-order valence-corrected chi connectivity index (χ1v) is 6.66. The molecule has 5 heteroatoms. The van der Waals surface area contributed by atoms with Crippen LogP contribution in [-0.2, 0) is 0 Å². The molecule has 98 valence electrons. The second-order valence-electron chi connectivity index (χ2n) is 5.31. The van der Waals surface area contributed by atoms with E-state index in [1.54, 1.807) is 0 Å². The van der Waals surface area contributed by atoms with Gasteiger partial charge in [-0.2, -0.15) is 0 Å². The van der Waals surface area contributed by atoms with Crippen molar-refractivity contribution in [2.24, 2.45) is 11.8 Å². The highest BCUT2D eigenvalue weighted by molar-refractivity contribution is 5.92. The Morgan fingerprint density at radius 3 is 2.61 bits per heavy atom. The summed E-state index contributed by atoms with van der Waals surface area (Å²) >= 11 is 0. The average molecular weight is 249 g/mol. The van der Waals surface area contributed by atoms with Crippen molar-refractivity contribution in [2.75, 3.05) is 26.2 Å². The maximum Gasteiger partial charge on any atom is 0.291 e. The lowest BCUT2D eigenvalue weighted by Gasteiger charge is -2.19. The number of rotatable bonds is 1. The molecule has 1 aromatic rings. The van der Waals surface area contributed by atoms with Crippen LogP contribution in [0.2, 0.25) is 0 Å². The Balaban J connectivity index is 1.70. The number of carbonyl (C=O) groups excluding carboxylic acids is 1. The Kier molecular flexibility index (Phi) is 3.07. The van der Waals surface area contributed by atoms with Crippen molar-refractivity contribution in [1.82, 2.24) is 15.2 Å². The molecule has 0 bridgehead atoms. The summed E-state index contributed by atoms with van der Waals surface area (Å²) in [6.07, 6.45) is 3.53. The maximum atomic E-state index is 12.3. The summed E-state index contributed by atoms with van der Waals surface area (Å²) in [7, 11) is 0. The molecule has 3 rings (SSSR count). The predicted octanol–water partition coefficient (Wildman–Crippen LogP) is 1.05. The minimum absolute atomic E-state index is 0.00191. The van der Waals surface area contributed by atoms with E-state index in [1.807, 2.05) is 11.8 Å². The largest absolute Gasteiger partial charge is 0.438 e. The number of carbonyl (C=O) groups is 1. The number of hydrogen-bond donors (Lipinski definition) is 1. The first-order valence-electron chi connectivity index (χ1n) is 6.66. The number of aromatic nitrogens is 1. The number of fused-ring (bicyclic) bond motifs is 1. The van der Waals surface area contributed by atoms with Crippen molar-refractivity contribution >= 4 is 5.91 Å². The highest BCUT2D eigenvalue weighted by Gasteiger charge is 2.32. The van der Waals surface area contributed by atoms with Crippen molar-refractivity contribution in [2.45, 2.75) is 19.8 Å². The summed E-state index contributed by atoms with van der Waals surface area (Å²) in [4.78, 5) is 18.2. The molecule has 18 heavy (non-hydrogen) atoms. The summed E-state index contributed by atoms with van der Waals surface area (Å²) in [5, 5.41) is 3.44. The zero-order chi connectivity index (χ0) is 12.5. The van der Waals surface area contributed by atoms with Gasteiger partial charge in [0.05, 0.1) is 5.69 Å². The third kappa shape index (κ3) is 2.03. The van der Waals surface area contributed by atoms with Crippen LogP contribution < -0.4 is 5.32 Å². The van der Waals surface area contributed by atoms with Crippen molar-refractivity contribution in [3.05, 3.63) is 17.8 Å². The van der Waals surface area contributed by atoms with Gasteiger partial charge in [-0.25, -0.2) is 4.98 Å². The predicted molar refractivity (Wildman–Crippen MR) is 66.2 cm³/mol. The van der Waals surface area contributed by atoms with Gasteiger partial charge in [-0.1, -0.05) is 0 Å². The zero-order valence-electron chi connectivity index (χ0n) is 10.7. The van der Waals surface area contributed by atoms with Crippen LogP contribution in [0.3, 0.4) is 0 Å². The van der Waals surface area contributed by atoms with E-state index in [-0.39, 0.29) is 5.91 Å². The second kappa shape index (κ2) is 4.72. The Bertz CT molecular complexity index is 429. The van der Waals surface area contributed by atoms with Gasteiger partial charge in [0, 0.05) is 13.1 Å². The molecule has 2 aliphatic rings. The number of hydrogen-bond acceptors (Lipinski definition) is 4. The van der Waals surface area contributed by atoms with Gasteiger partial charge in [-0.15, -0.1) is 0 Å². The third-order valence-corrected chi connectivity index (χ3v) is 4.25. The monoisotopic (exact) mass is 249 g/mol. The van der Waals surface area contributed by atoms with Gasteiger partial charge in [0.1, 0.15) is 0 Å². The Labute approximate surface area is 107 Å². The lowest BCUT2D eigenvalue weighted by atomic mass is 9.92. The van der Waals surface area contributed by atoms with Crippen molar-refractivity contribution in [3.63, 3.8) is 0 Å². The highest BCUT2D eigenvalue weighted by atomic mass is 16.3. The fourth-order valence-corrected chi connectivity index (χ4v) is 3.07. The van der Waals surface area contributed by atoms with Gasteiger partial charge in [0.2, 0.25) is 5.76 Å². The first kappa shape index (κ1) is 11.7. The average Bonchev–Trinajstić information content (AvgIpc) is 2.94. The van der Waals surface area contributed by atoms with E-state index in [4.69, 9.17) is 4.42 Å². The first-order chi connectivity index (χ1) is 8.75. The van der Waals surface area contributed by atoms with Crippen molar-refractivity contribution in [3.8, 4) is 0 Å². The van der Waals surface area contributed by atoms with Crippen LogP contribution in [-0.4, -0.2) is 42.0 Å². The molecular weight excluding hydrogens is 230 g/mol. The number of nitrogens with one attached hydrogen (secondary N) is 1. The van der Waals surface area contributed by atoms with Crippen LogP contribution in [0.1, 0.15) is 29.1 Å². The molecule has 2 atom stereocenters. The van der Waals surface area contributed by atoms with E-state index in [2.05, 4.69) is 10.3 Å². The molecule has 2 fully saturated rings. The van der Waals surface area contributed by atoms with E-state index in [9.17, 15) is 4.79 Å². The van der Waals surface area contributed by atoms with Gasteiger partial charge in [-0.05, 0) is 44.7 Å². The summed E-state index contributed by atoms with van der Waals surface area (Å²) in [5.74, 6) is 1.87. The molecule has 2 saturated heterocycles. The molecule has 0 saturated carbocycles. The Hall–Kier alpha value is -1.36. The Morgan fingerprint density at radius 1 is 1.39 bits per heavy atom. The molecule has 5 nitrogen and oxygen atoms in total. The molecule has 0 aliphatic carbocycles. The molecule has 0 spiro atoms. The van der Waals surface area contributed by atoms with E-state index in [0.717, 1.165) is 50.9 Å².